The van der Waals surface area contributed by atoms with E-state index < -0.39 is 51.4 Å². The summed E-state index contributed by atoms with van der Waals surface area (Å²) in [7, 11) is -3.81. The van der Waals surface area contributed by atoms with Crippen LogP contribution in [0.25, 0.3) is 11.1 Å². The maximum absolute atomic E-state index is 2.58. The highest BCUT2D eigenvalue weighted by molar-refractivity contribution is 9.02. The van der Waals surface area contributed by atoms with Crippen molar-refractivity contribution in [3.05, 3.63) is 237 Å². The Balaban J connectivity index is 1.29. The molecule has 0 spiro atoms. The molecule has 0 N–H and O–H groups in total. The molecule has 1 heterocycles. The lowest BCUT2D eigenvalue weighted by atomic mass is 10.0. The Labute approximate surface area is 443 Å². The molecular formula is C64H72P8. The molecule has 0 nitrogen and oxygen atoms in total. The molecular weight excluding hydrogens is 1020 g/mol. The lowest BCUT2D eigenvalue weighted by Crippen LogP contribution is -2.15. The summed E-state index contributed by atoms with van der Waals surface area (Å²) in [5, 5.41) is 11.2. The van der Waals surface area contributed by atoms with Gasteiger partial charge < -0.3 is 0 Å². The van der Waals surface area contributed by atoms with E-state index in [1.165, 1.54) is 113 Å². The van der Waals surface area contributed by atoms with Gasteiger partial charge in [-0.05, 0) is 125 Å². The first kappa shape index (κ1) is 54.0. The van der Waals surface area contributed by atoms with Gasteiger partial charge in [0, 0.05) is 0 Å². The highest BCUT2D eigenvalue weighted by Gasteiger charge is 2.46. The number of benzene rings is 8. The van der Waals surface area contributed by atoms with Crippen LogP contribution in [0, 0.1) is 0 Å². The van der Waals surface area contributed by atoms with Crippen molar-refractivity contribution >= 4 is 96.8 Å². The molecule has 0 aliphatic carbocycles. The minimum atomic E-state index is -0.774. The smallest absolute Gasteiger partial charge is 0.00564 e. The van der Waals surface area contributed by atoms with E-state index in [9.17, 15) is 0 Å². The minimum absolute atomic E-state index is 0.513. The molecule has 8 unspecified atom stereocenters. The molecule has 8 heteroatoms. The van der Waals surface area contributed by atoms with Gasteiger partial charge in [0.05, 0.1) is 0 Å². The predicted molar refractivity (Wildman–Crippen MR) is 339 cm³/mol. The molecule has 1 aliphatic heterocycles. The molecule has 8 aromatic rings. The van der Waals surface area contributed by atoms with Crippen LogP contribution >= 0.6 is 59.7 Å². The van der Waals surface area contributed by atoms with Gasteiger partial charge in [0.1, 0.15) is 0 Å². The predicted octanol–water partition coefficient (Wildman–Crippen LogP) is 19.9. The van der Waals surface area contributed by atoms with Gasteiger partial charge in [-0.2, -0.15) is 0 Å². The lowest BCUT2D eigenvalue weighted by Gasteiger charge is -2.47. The maximum atomic E-state index is 2.58. The number of hydrogen-bond donors (Lipinski definition) is 0. The van der Waals surface area contributed by atoms with Gasteiger partial charge in [-0.25, -0.2) is 0 Å². The highest BCUT2D eigenvalue weighted by Crippen LogP contribution is 3.09. The molecule has 0 saturated carbocycles. The van der Waals surface area contributed by atoms with Crippen LogP contribution in [0.15, 0.2) is 237 Å². The van der Waals surface area contributed by atoms with Crippen molar-refractivity contribution in [2.24, 2.45) is 0 Å². The SMILES string of the molecule is c1ccc(-c2ccc(P3CCCCCCCCCCCCCCCCPP(c4ccccc4)P(c4ccccc4)P(c4ccccc4)P(c4ccccc4)P(c4ccccc4)P3c3ccccc3)cc2)cc1. The average molecular weight is 1090 g/mol. The Morgan fingerprint density at radius 3 is 0.931 bits per heavy atom. The van der Waals surface area contributed by atoms with Crippen LogP contribution in [0.3, 0.4) is 0 Å². The van der Waals surface area contributed by atoms with E-state index in [1.807, 2.05) is 0 Å². The first-order valence-electron chi connectivity index (χ1n) is 26.6. The third-order valence-electron chi connectivity index (χ3n) is 13.4. The lowest BCUT2D eigenvalue weighted by molar-refractivity contribution is 0.539. The normalized spacial score (nSPS) is 23.1. The summed E-state index contributed by atoms with van der Waals surface area (Å²) >= 11 is 0. The summed E-state index contributed by atoms with van der Waals surface area (Å²) in [6.07, 6.45) is 21.9. The van der Waals surface area contributed by atoms with Gasteiger partial charge in [0.15, 0.2) is 0 Å². The van der Waals surface area contributed by atoms with Crippen molar-refractivity contribution < 1.29 is 0 Å². The molecule has 1 saturated heterocycles. The maximum Gasteiger partial charge on any atom is -0.00564 e. The zero-order valence-electron chi connectivity index (χ0n) is 42.0. The third kappa shape index (κ3) is 15.2. The van der Waals surface area contributed by atoms with Gasteiger partial charge in [-0.3, -0.25) is 0 Å². The fourth-order valence-electron chi connectivity index (χ4n) is 9.68. The van der Waals surface area contributed by atoms with Crippen LogP contribution in [0.1, 0.15) is 89.9 Å². The van der Waals surface area contributed by atoms with Crippen molar-refractivity contribution in [1.29, 1.82) is 0 Å². The van der Waals surface area contributed by atoms with Gasteiger partial charge in [0.25, 0.3) is 0 Å². The van der Waals surface area contributed by atoms with Crippen molar-refractivity contribution in [1.82, 2.24) is 0 Å². The van der Waals surface area contributed by atoms with Crippen LogP contribution in [0.4, 0.5) is 0 Å². The first-order valence-corrected chi connectivity index (χ1v) is 42.5. The Morgan fingerprint density at radius 2 is 0.514 bits per heavy atom. The Hall–Kier alpha value is -2.80. The largest absolute Gasteiger partial charge is 0.0862 e. The van der Waals surface area contributed by atoms with Gasteiger partial charge in [0.2, 0.25) is 0 Å². The summed E-state index contributed by atoms with van der Waals surface area (Å²) < 4.78 is 0. The van der Waals surface area contributed by atoms with Crippen LogP contribution in [-0.4, -0.2) is 12.3 Å². The van der Waals surface area contributed by atoms with E-state index in [1.54, 1.807) is 37.1 Å². The van der Waals surface area contributed by atoms with Crippen LogP contribution in [0.5, 0.6) is 0 Å². The fraction of sp³-hybridized carbons (Fsp3) is 0.250. The van der Waals surface area contributed by atoms with E-state index in [0.29, 0.717) is 0 Å². The van der Waals surface area contributed by atoms with E-state index in [4.69, 9.17) is 0 Å². The van der Waals surface area contributed by atoms with Gasteiger partial charge >= 0.3 is 0 Å². The molecule has 1 fully saturated rings. The second-order valence-electron chi connectivity index (χ2n) is 18.7. The van der Waals surface area contributed by atoms with Crippen molar-refractivity contribution in [2.75, 3.05) is 12.3 Å². The summed E-state index contributed by atoms with van der Waals surface area (Å²) in [5.74, 6) is 0. The zero-order chi connectivity index (χ0) is 48.8. The molecule has 1 aliphatic rings. The summed E-state index contributed by atoms with van der Waals surface area (Å²) in [6, 6.07) is 93.9. The molecule has 9 rings (SSSR count). The number of rotatable bonds is 8. The van der Waals surface area contributed by atoms with Crippen LogP contribution in [-0.2, 0) is 0 Å². The molecule has 0 amide bonds. The highest BCUT2D eigenvalue weighted by atomic mass is 32.9. The fourth-order valence-corrected chi connectivity index (χ4v) is 87.2. The third-order valence-corrected chi connectivity index (χ3v) is 66.9. The Kier molecular flexibility index (Phi) is 22.6. The topological polar surface area (TPSA) is 0 Å². The average Bonchev–Trinajstić information content (AvgIpc) is 3.45. The Morgan fingerprint density at radius 1 is 0.222 bits per heavy atom. The van der Waals surface area contributed by atoms with E-state index in [-0.39, 0.29) is 0 Å². The number of hydrogen-bond acceptors (Lipinski definition) is 0. The van der Waals surface area contributed by atoms with Crippen molar-refractivity contribution in [3.8, 4) is 11.1 Å². The van der Waals surface area contributed by atoms with Crippen LogP contribution < -0.4 is 37.1 Å². The Bertz CT molecular complexity index is 2700. The van der Waals surface area contributed by atoms with E-state index in [2.05, 4.69) is 237 Å². The molecule has 8 aromatic carbocycles. The molecule has 0 radical (unpaired) electrons. The molecule has 0 bridgehead atoms. The second-order valence-corrected chi connectivity index (χ2v) is 50.7. The van der Waals surface area contributed by atoms with Gasteiger partial charge in [-0.15, -0.1) is 0 Å². The standard InChI is InChI=1S/C64H72P8/c1-2-4-6-8-10-12-35-55-66(58-52-50-57(51-53-58)56-36-20-13-21-37-56)68(60-40-24-15-25-41-60)70(62-44-28-17-29-45-62)72(64-48-32-19-33-49-64)71(63-46-30-18-31-47-63)69(61-42-26-16-27-43-61)67(59-38-22-14-23-39-59)65-54-34-11-9-7-5-3-1/h13-33,36-53,65H,1-12,34-35,54-55H2. The monoisotopic (exact) mass is 1090 g/mol. The minimum Gasteiger partial charge on any atom is -0.0862 e. The second kappa shape index (κ2) is 30.1. The van der Waals surface area contributed by atoms with Crippen molar-refractivity contribution in [2.45, 2.75) is 89.9 Å². The first-order chi connectivity index (χ1) is 35.8. The van der Waals surface area contributed by atoms with E-state index in [0.717, 1.165) is 8.27 Å². The molecule has 368 valence electrons. The summed E-state index contributed by atoms with van der Waals surface area (Å²) in [4.78, 5) is 0. The van der Waals surface area contributed by atoms with Crippen molar-refractivity contribution in [3.63, 3.8) is 0 Å². The summed E-state index contributed by atoms with van der Waals surface area (Å²) in [5.41, 5.74) is 2.62. The van der Waals surface area contributed by atoms with E-state index >= 15 is 0 Å². The zero-order valence-corrected chi connectivity index (χ0v) is 49.2. The van der Waals surface area contributed by atoms with Crippen LogP contribution in [0.2, 0.25) is 0 Å². The summed E-state index contributed by atoms with van der Waals surface area (Å²) in [6.45, 7) is 0. The molecule has 72 heavy (non-hydrogen) atoms. The van der Waals surface area contributed by atoms with Gasteiger partial charge in [-0.1, -0.05) is 322 Å². The molecule has 0 aromatic heterocycles. The quantitative estimate of drug-likeness (QED) is 0.133. The molecule has 8 atom stereocenters.